The molecular formula is C37H43BrN4O6. The summed E-state index contributed by atoms with van der Waals surface area (Å²) >= 11 is 3.54. The van der Waals surface area contributed by atoms with Crippen LogP contribution in [0.5, 0.6) is 17.2 Å². The molecule has 0 radical (unpaired) electrons. The molecular weight excluding hydrogens is 676 g/mol. The largest absolute Gasteiger partial charge is 0.493 e. The highest BCUT2D eigenvalue weighted by Crippen LogP contribution is 2.50. The average Bonchev–Trinajstić information content (AvgIpc) is 3.32. The number of benzene rings is 2. The number of hydrogen-bond donors (Lipinski definition) is 3. The number of aromatic nitrogens is 1. The molecule has 1 aliphatic rings. The molecule has 3 atom stereocenters. The van der Waals surface area contributed by atoms with Crippen LogP contribution in [0.3, 0.4) is 0 Å². The van der Waals surface area contributed by atoms with Crippen molar-refractivity contribution in [3.63, 3.8) is 0 Å². The fourth-order valence-corrected chi connectivity index (χ4v) is 6.81. The average molecular weight is 720 g/mol. The normalized spacial score (nSPS) is 14.9. The Hall–Kier alpha value is -4.51. The summed E-state index contributed by atoms with van der Waals surface area (Å²) in [5.74, 6) is 0.981. The number of nitrogens with zero attached hydrogens (tertiary/aromatic N) is 1. The van der Waals surface area contributed by atoms with E-state index in [4.69, 9.17) is 14.2 Å². The van der Waals surface area contributed by atoms with Gasteiger partial charge >= 0.3 is 0 Å². The Morgan fingerprint density at radius 1 is 1.02 bits per heavy atom. The summed E-state index contributed by atoms with van der Waals surface area (Å²) < 4.78 is 20.3. The van der Waals surface area contributed by atoms with Crippen molar-refractivity contribution in [3.05, 3.63) is 80.6 Å². The summed E-state index contributed by atoms with van der Waals surface area (Å²) in [5.41, 5.74) is 4.15. The monoisotopic (exact) mass is 718 g/mol. The molecule has 3 aromatic carbocycles. The van der Waals surface area contributed by atoms with Gasteiger partial charge in [0.2, 0.25) is 23.0 Å². The molecule has 1 aliphatic carbocycles. The first kappa shape index (κ1) is 34.8. The van der Waals surface area contributed by atoms with Crippen molar-refractivity contribution < 1.29 is 23.8 Å². The van der Waals surface area contributed by atoms with E-state index in [-0.39, 0.29) is 28.8 Å². The first-order valence-electron chi connectivity index (χ1n) is 16.2. The lowest BCUT2D eigenvalue weighted by Crippen LogP contribution is -2.45. The summed E-state index contributed by atoms with van der Waals surface area (Å²) in [6.07, 6.45) is 3.89. The van der Waals surface area contributed by atoms with Crippen LogP contribution < -0.4 is 35.6 Å². The van der Waals surface area contributed by atoms with E-state index in [0.717, 1.165) is 38.5 Å². The van der Waals surface area contributed by atoms with Crippen LogP contribution in [0, 0.1) is 5.92 Å². The van der Waals surface area contributed by atoms with Gasteiger partial charge in [-0.1, -0.05) is 48.3 Å². The fourth-order valence-electron chi connectivity index (χ4n) is 6.46. The van der Waals surface area contributed by atoms with Crippen LogP contribution in [0.4, 0.5) is 5.69 Å². The summed E-state index contributed by atoms with van der Waals surface area (Å²) in [5, 5.41) is 10.5. The molecule has 11 heteroatoms. The van der Waals surface area contributed by atoms with Gasteiger partial charge in [-0.2, -0.15) is 0 Å². The van der Waals surface area contributed by atoms with Gasteiger partial charge in [-0.25, -0.2) is 0 Å². The van der Waals surface area contributed by atoms with E-state index in [1.807, 2.05) is 38.2 Å². The minimum atomic E-state index is -0.655. The Labute approximate surface area is 289 Å². The molecule has 0 saturated carbocycles. The Bertz CT molecular complexity index is 1890. The van der Waals surface area contributed by atoms with Gasteiger partial charge < -0.3 is 34.7 Å². The second-order valence-electron chi connectivity index (χ2n) is 12.1. The molecule has 3 N–H and O–H groups in total. The zero-order valence-electron chi connectivity index (χ0n) is 28.2. The number of ether oxygens (including phenoxy) is 3. The van der Waals surface area contributed by atoms with Gasteiger partial charge in [-0.05, 0) is 77.2 Å². The van der Waals surface area contributed by atoms with Crippen molar-refractivity contribution >= 4 is 44.3 Å². The summed E-state index contributed by atoms with van der Waals surface area (Å²) in [6.45, 7) is 6.49. The van der Waals surface area contributed by atoms with Gasteiger partial charge in [0, 0.05) is 41.8 Å². The molecule has 48 heavy (non-hydrogen) atoms. The number of aryl methyl sites for hydroxylation is 1. The van der Waals surface area contributed by atoms with Gasteiger partial charge in [0.05, 0.1) is 33.1 Å². The number of hydrogen-bond acceptors (Lipinski definition) is 7. The highest BCUT2D eigenvalue weighted by atomic mass is 79.9. The maximum absolute atomic E-state index is 13.9. The number of rotatable bonds is 12. The summed E-state index contributed by atoms with van der Waals surface area (Å²) in [7, 11) is 4.68. The lowest BCUT2D eigenvalue weighted by atomic mass is 9.95. The van der Waals surface area contributed by atoms with Crippen molar-refractivity contribution in [1.82, 2.24) is 15.2 Å². The van der Waals surface area contributed by atoms with Crippen LogP contribution in [0.1, 0.15) is 50.8 Å². The third-order valence-electron chi connectivity index (χ3n) is 9.11. The van der Waals surface area contributed by atoms with Crippen LogP contribution in [0.25, 0.3) is 22.0 Å². The Kier molecular flexibility index (Phi) is 11.0. The van der Waals surface area contributed by atoms with E-state index < -0.39 is 12.1 Å². The van der Waals surface area contributed by atoms with E-state index in [1.165, 1.54) is 6.92 Å². The van der Waals surface area contributed by atoms with Crippen LogP contribution in [-0.4, -0.2) is 50.3 Å². The molecule has 0 saturated heterocycles. The molecule has 3 unspecified atom stereocenters. The first-order valence-corrected chi connectivity index (χ1v) is 17.0. The molecule has 0 bridgehead atoms. The van der Waals surface area contributed by atoms with Gasteiger partial charge in [-0.3, -0.25) is 14.4 Å². The predicted octanol–water partition coefficient (Wildman–Crippen LogP) is 6.22. The number of nitrogens with one attached hydrogen (secondary N) is 3. The zero-order valence-corrected chi connectivity index (χ0v) is 29.8. The minimum Gasteiger partial charge on any atom is -0.493 e. The molecule has 1 aromatic heterocycles. The third-order valence-corrected chi connectivity index (χ3v) is 9.60. The maximum Gasteiger partial charge on any atom is 0.242 e. The minimum absolute atomic E-state index is 0.0687. The molecule has 5 rings (SSSR count). The number of halogens is 1. The quantitative estimate of drug-likeness (QED) is 0.159. The Morgan fingerprint density at radius 2 is 1.79 bits per heavy atom. The maximum atomic E-state index is 13.9. The predicted molar refractivity (Wildman–Crippen MR) is 192 cm³/mol. The van der Waals surface area contributed by atoms with Gasteiger partial charge in [-0.15, -0.1) is 0 Å². The molecule has 254 valence electrons. The number of anilines is 1. The number of fused-ring (bicyclic) bond motifs is 4. The van der Waals surface area contributed by atoms with Crippen LogP contribution in [-0.2, 0) is 22.6 Å². The highest BCUT2D eigenvalue weighted by molar-refractivity contribution is 9.10. The number of carbonyl (C=O) groups excluding carboxylic acids is 2. The lowest BCUT2D eigenvalue weighted by molar-refractivity contribution is -0.123. The van der Waals surface area contributed by atoms with Crippen molar-refractivity contribution in [2.45, 2.75) is 58.7 Å². The van der Waals surface area contributed by atoms with E-state index in [1.54, 1.807) is 33.5 Å². The van der Waals surface area contributed by atoms with Crippen molar-refractivity contribution in [2.75, 3.05) is 33.2 Å². The number of amides is 2. The van der Waals surface area contributed by atoms with E-state index >= 15 is 0 Å². The second-order valence-corrected chi connectivity index (χ2v) is 13.0. The van der Waals surface area contributed by atoms with E-state index in [0.29, 0.717) is 48.7 Å². The molecule has 0 fully saturated rings. The topological polar surface area (TPSA) is 120 Å². The van der Waals surface area contributed by atoms with Crippen LogP contribution in [0.15, 0.2) is 64.0 Å². The third kappa shape index (κ3) is 7.16. The Morgan fingerprint density at radius 3 is 2.48 bits per heavy atom. The van der Waals surface area contributed by atoms with Gasteiger partial charge in [0.15, 0.2) is 11.5 Å². The Balaban J connectivity index is 1.50. The van der Waals surface area contributed by atoms with Crippen molar-refractivity contribution in [3.8, 4) is 28.4 Å². The molecule has 1 heterocycles. The second kappa shape index (κ2) is 15.1. The highest BCUT2D eigenvalue weighted by Gasteiger charge is 2.30. The SMILES string of the molecule is CCC(C)C(Nc1ccc2c(cc1=O)C(NC(C)=O)CCc1cc(OC)c(OC)c(OC)c1-2)C(=O)NCCn1ccc2ccc(Br)cc21. The molecule has 0 aliphatic heterocycles. The first-order chi connectivity index (χ1) is 23.1. The summed E-state index contributed by atoms with van der Waals surface area (Å²) in [6, 6.07) is 14.1. The summed E-state index contributed by atoms with van der Waals surface area (Å²) in [4.78, 5) is 39.9. The number of carbonyl (C=O) groups is 2. The molecule has 10 nitrogen and oxygen atoms in total. The van der Waals surface area contributed by atoms with Crippen molar-refractivity contribution in [1.29, 1.82) is 0 Å². The van der Waals surface area contributed by atoms with E-state index in [2.05, 4.69) is 54.6 Å². The lowest BCUT2D eigenvalue weighted by Gasteiger charge is -2.24. The van der Waals surface area contributed by atoms with Crippen LogP contribution in [0.2, 0.25) is 0 Å². The standard InChI is InChI=1S/C37H43BrN4O6/c1-7-21(2)34(37(45)39-15-17-42-16-14-23-8-10-25(38)19-30(23)42)41-29-13-11-26-27(20-31(29)44)28(40-22(3)43)12-9-24-18-32(46-4)35(47-5)36(48-6)33(24)26/h8,10-11,13-14,16,18-21,28,34H,7,9,12,15,17H2,1-6H3,(H,39,45)(H,40,43)(H,41,44). The smallest absolute Gasteiger partial charge is 0.242 e. The zero-order chi connectivity index (χ0) is 34.5. The molecule has 2 amide bonds. The van der Waals surface area contributed by atoms with E-state index in [9.17, 15) is 14.4 Å². The van der Waals surface area contributed by atoms with Gasteiger partial charge in [0.1, 0.15) is 6.04 Å². The molecule has 4 aromatic rings. The fraction of sp³-hybridized carbons (Fsp3) is 0.378. The number of methoxy groups -OCH3 is 3. The molecule has 0 spiro atoms. The van der Waals surface area contributed by atoms with Crippen molar-refractivity contribution in [2.24, 2.45) is 5.92 Å². The van der Waals surface area contributed by atoms with Crippen LogP contribution >= 0.6 is 15.9 Å². The van der Waals surface area contributed by atoms with Gasteiger partial charge in [0.25, 0.3) is 0 Å².